The molecule has 2 rings (SSSR count). The van der Waals surface area contributed by atoms with Gasteiger partial charge in [-0.15, -0.1) is 0 Å². The van der Waals surface area contributed by atoms with Gasteiger partial charge in [0.2, 0.25) is 0 Å². The van der Waals surface area contributed by atoms with E-state index in [4.69, 9.17) is 11.6 Å². The van der Waals surface area contributed by atoms with Gasteiger partial charge in [-0.25, -0.2) is 5.43 Å². The first-order chi connectivity index (χ1) is 9.99. The molecule has 0 fully saturated rings. The van der Waals surface area contributed by atoms with Crippen LogP contribution >= 0.6 is 11.6 Å². The average Bonchev–Trinajstić information content (AvgIpc) is 2.46. The smallest absolute Gasteiger partial charge is 0.267 e. The number of hydrazone groups is 1. The molecule has 0 bridgehead atoms. The first kappa shape index (κ1) is 15.5. The van der Waals surface area contributed by atoms with Crippen molar-refractivity contribution in [3.8, 4) is 0 Å². The third-order valence-electron chi connectivity index (χ3n) is 3.71. The fraction of sp³-hybridized carbons (Fsp3) is 0.294. The van der Waals surface area contributed by atoms with Gasteiger partial charge in [-0.3, -0.25) is 4.79 Å². The molecule has 3 nitrogen and oxygen atoms in total. The zero-order chi connectivity index (χ0) is 15.4. The van der Waals surface area contributed by atoms with Crippen LogP contribution < -0.4 is 5.43 Å². The Bertz CT molecular complexity index is 631. The van der Waals surface area contributed by atoms with Crippen LogP contribution in [-0.4, -0.2) is 11.6 Å². The maximum absolute atomic E-state index is 12.1. The van der Waals surface area contributed by atoms with E-state index in [2.05, 4.69) is 23.2 Å². The van der Waals surface area contributed by atoms with Crippen LogP contribution in [0.3, 0.4) is 0 Å². The Labute approximate surface area is 130 Å². The Morgan fingerprint density at radius 1 is 1.43 bits per heavy atom. The number of halogens is 1. The van der Waals surface area contributed by atoms with Crippen LogP contribution in [0.1, 0.15) is 37.0 Å². The molecule has 4 heteroatoms. The molecule has 1 aromatic carbocycles. The van der Waals surface area contributed by atoms with Gasteiger partial charge in [-0.05, 0) is 50.3 Å². The molecule has 0 aromatic heterocycles. The van der Waals surface area contributed by atoms with E-state index in [-0.39, 0.29) is 5.91 Å². The molecule has 0 saturated heterocycles. The molecule has 1 amide bonds. The minimum atomic E-state index is -0.293. The molecular weight excluding hydrogens is 284 g/mol. The normalized spacial score (nSPS) is 20.0. The first-order valence-electron chi connectivity index (χ1n) is 6.93. The lowest BCUT2D eigenvalue weighted by Crippen LogP contribution is -2.23. The van der Waals surface area contributed by atoms with Crippen LogP contribution in [0.15, 0.2) is 53.2 Å². The largest absolute Gasteiger partial charge is 0.272 e. The minimum Gasteiger partial charge on any atom is -0.267 e. The highest BCUT2D eigenvalue weighted by atomic mass is 35.5. The highest BCUT2D eigenvalue weighted by Crippen LogP contribution is 2.26. The zero-order valence-electron chi connectivity index (χ0n) is 12.3. The summed E-state index contributed by atoms with van der Waals surface area (Å²) in [6.07, 6.45) is 3.93. The average molecular weight is 303 g/mol. The van der Waals surface area contributed by atoms with Crippen molar-refractivity contribution in [1.82, 2.24) is 5.43 Å². The molecule has 0 saturated carbocycles. The van der Waals surface area contributed by atoms with Gasteiger partial charge in [0, 0.05) is 0 Å². The summed E-state index contributed by atoms with van der Waals surface area (Å²) in [4.78, 5) is 12.1. The van der Waals surface area contributed by atoms with Gasteiger partial charge in [0.05, 0.1) is 16.3 Å². The first-order valence-corrected chi connectivity index (χ1v) is 7.30. The van der Waals surface area contributed by atoms with Crippen LogP contribution in [0.25, 0.3) is 0 Å². The van der Waals surface area contributed by atoms with Gasteiger partial charge in [-0.2, -0.15) is 5.10 Å². The van der Waals surface area contributed by atoms with E-state index in [9.17, 15) is 4.79 Å². The van der Waals surface area contributed by atoms with E-state index >= 15 is 0 Å². The van der Waals surface area contributed by atoms with E-state index in [0.29, 0.717) is 16.5 Å². The molecular formula is C17H19ClN2O. The number of benzene rings is 1. The van der Waals surface area contributed by atoms with Gasteiger partial charge in [0.15, 0.2) is 0 Å². The zero-order valence-corrected chi connectivity index (χ0v) is 13.1. The van der Waals surface area contributed by atoms with E-state index in [1.54, 1.807) is 24.3 Å². The van der Waals surface area contributed by atoms with E-state index in [1.807, 2.05) is 13.8 Å². The molecule has 1 aromatic rings. The summed E-state index contributed by atoms with van der Waals surface area (Å²) >= 11 is 6.00. The van der Waals surface area contributed by atoms with Crippen LogP contribution in [0, 0.1) is 5.92 Å². The molecule has 21 heavy (non-hydrogen) atoms. The van der Waals surface area contributed by atoms with Crippen molar-refractivity contribution in [2.75, 3.05) is 0 Å². The second-order valence-corrected chi connectivity index (χ2v) is 5.76. The number of allylic oxidation sites excluding steroid dienone is 3. The molecule has 1 atom stereocenters. The Kier molecular flexibility index (Phi) is 4.97. The molecule has 0 aliphatic heterocycles. The third kappa shape index (κ3) is 3.82. The van der Waals surface area contributed by atoms with Gasteiger partial charge < -0.3 is 0 Å². The molecule has 0 heterocycles. The van der Waals surface area contributed by atoms with Crippen molar-refractivity contribution in [3.63, 3.8) is 0 Å². The summed E-state index contributed by atoms with van der Waals surface area (Å²) in [7, 11) is 0. The molecule has 1 N–H and O–H groups in total. The van der Waals surface area contributed by atoms with Crippen molar-refractivity contribution in [3.05, 3.63) is 58.7 Å². The number of nitrogens with zero attached hydrogens (tertiary/aromatic N) is 1. The summed E-state index contributed by atoms with van der Waals surface area (Å²) in [5.41, 5.74) is 6.17. The maximum atomic E-state index is 12.1. The lowest BCUT2D eigenvalue weighted by Gasteiger charge is -2.22. The van der Waals surface area contributed by atoms with Crippen molar-refractivity contribution >= 4 is 23.2 Å². The van der Waals surface area contributed by atoms with E-state index < -0.39 is 0 Å². The van der Waals surface area contributed by atoms with E-state index in [0.717, 1.165) is 29.7 Å². The number of carbonyl (C=O) groups excluding carboxylic acids is 1. The number of carbonyl (C=O) groups is 1. The predicted molar refractivity (Wildman–Crippen MR) is 87.6 cm³/mol. The number of hydrogen-bond donors (Lipinski definition) is 1. The second kappa shape index (κ2) is 6.72. The van der Waals surface area contributed by atoms with Crippen LogP contribution in [0.4, 0.5) is 0 Å². The van der Waals surface area contributed by atoms with Crippen molar-refractivity contribution in [2.45, 2.75) is 26.7 Å². The predicted octanol–water partition coefficient (Wildman–Crippen LogP) is 4.36. The van der Waals surface area contributed by atoms with Crippen LogP contribution in [0.5, 0.6) is 0 Å². The van der Waals surface area contributed by atoms with Crippen molar-refractivity contribution in [2.24, 2.45) is 11.0 Å². The Hall–Kier alpha value is -1.87. The quantitative estimate of drug-likeness (QED) is 0.654. The minimum absolute atomic E-state index is 0.293. The highest BCUT2D eigenvalue weighted by Gasteiger charge is 2.19. The third-order valence-corrected chi connectivity index (χ3v) is 4.04. The number of rotatable bonds is 3. The lowest BCUT2D eigenvalue weighted by molar-refractivity contribution is 0.0955. The second-order valence-electron chi connectivity index (χ2n) is 5.35. The summed E-state index contributed by atoms with van der Waals surface area (Å²) in [5, 5.41) is 4.69. The van der Waals surface area contributed by atoms with Gasteiger partial charge in [0.1, 0.15) is 0 Å². The van der Waals surface area contributed by atoms with Crippen LogP contribution in [-0.2, 0) is 0 Å². The summed E-state index contributed by atoms with van der Waals surface area (Å²) < 4.78 is 0. The fourth-order valence-electron chi connectivity index (χ4n) is 2.25. The topological polar surface area (TPSA) is 41.5 Å². The number of hydrogen-bond acceptors (Lipinski definition) is 2. The summed E-state index contributed by atoms with van der Waals surface area (Å²) in [6.45, 7) is 8.04. The molecule has 0 spiro atoms. The van der Waals surface area contributed by atoms with Crippen molar-refractivity contribution < 1.29 is 4.79 Å². The molecule has 1 aliphatic rings. The number of nitrogens with one attached hydrogen (secondary N) is 1. The van der Waals surface area contributed by atoms with E-state index in [1.165, 1.54) is 0 Å². The molecule has 0 unspecified atom stereocenters. The highest BCUT2D eigenvalue weighted by molar-refractivity contribution is 6.33. The lowest BCUT2D eigenvalue weighted by atomic mass is 9.85. The van der Waals surface area contributed by atoms with Crippen molar-refractivity contribution in [1.29, 1.82) is 0 Å². The Morgan fingerprint density at radius 3 is 2.81 bits per heavy atom. The van der Waals surface area contributed by atoms with Gasteiger partial charge in [-0.1, -0.05) is 42.0 Å². The van der Waals surface area contributed by atoms with Crippen LogP contribution in [0.2, 0.25) is 5.02 Å². The maximum Gasteiger partial charge on any atom is 0.272 e. The Morgan fingerprint density at radius 2 is 2.14 bits per heavy atom. The summed E-state index contributed by atoms with van der Waals surface area (Å²) in [5.74, 6) is 0.100. The monoisotopic (exact) mass is 302 g/mol. The van der Waals surface area contributed by atoms with Gasteiger partial charge >= 0.3 is 0 Å². The SMILES string of the molecule is C=C(C)[C@@H]1CC=C(C)/C(=N\NC(=O)c2ccccc2Cl)C1. The number of amides is 1. The summed E-state index contributed by atoms with van der Waals surface area (Å²) in [6, 6.07) is 6.93. The molecule has 1 aliphatic carbocycles. The standard InChI is InChI=1S/C17H19ClN2O/c1-11(2)13-9-8-12(3)16(10-13)19-20-17(21)14-6-4-5-7-15(14)18/h4-8,13H,1,9-10H2,2-3H3,(H,20,21)/b19-16-/t13-/m1/s1. The Balaban J connectivity index is 2.12. The van der Waals surface area contributed by atoms with Gasteiger partial charge in [0.25, 0.3) is 5.91 Å². The molecule has 0 radical (unpaired) electrons. The molecule has 110 valence electrons. The fourth-order valence-corrected chi connectivity index (χ4v) is 2.47.